The number of nitrogens with zero attached hydrogens (tertiary/aromatic N) is 2. The molecule has 0 saturated carbocycles. The number of likely N-dealkylation sites (tertiary alicyclic amines) is 1. The van der Waals surface area contributed by atoms with Gasteiger partial charge in [-0.3, -0.25) is 9.89 Å². The average Bonchev–Trinajstić information content (AvgIpc) is 3.09. The number of carbonyl (C=O) groups is 1. The number of hydrogen-bond acceptors (Lipinski definition) is 3. The molecule has 5 heteroatoms. The fraction of sp³-hybridized carbons (Fsp3) is 0.692. The van der Waals surface area contributed by atoms with E-state index in [4.69, 9.17) is 0 Å². The molecular weight excluding hydrogens is 228 g/mol. The van der Waals surface area contributed by atoms with Crippen LogP contribution in [0.1, 0.15) is 41.7 Å². The Balaban J connectivity index is 1.78. The summed E-state index contributed by atoms with van der Waals surface area (Å²) in [6.45, 7) is 3.87. The van der Waals surface area contributed by atoms with Crippen LogP contribution in [0, 0.1) is 6.92 Å². The number of H-pyrrole nitrogens is 1. The van der Waals surface area contributed by atoms with Gasteiger partial charge in [-0.1, -0.05) is 0 Å². The first-order chi connectivity index (χ1) is 8.77. The average molecular weight is 248 g/mol. The van der Waals surface area contributed by atoms with E-state index in [9.17, 15) is 4.79 Å². The molecule has 2 N–H and O–H groups in total. The Kier molecular flexibility index (Phi) is 3.07. The van der Waals surface area contributed by atoms with Crippen molar-refractivity contribution in [1.82, 2.24) is 20.4 Å². The van der Waals surface area contributed by atoms with Crippen LogP contribution in [0.5, 0.6) is 0 Å². The second-order valence-corrected chi connectivity index (χ2v) is 5.32. The summed E-state index contributed by atoms with van der Waals surface area (Å²) in [6, 6.07) is 0.859. The van der Waals surface area contributed by atoms with Gasteiger partial charge in [0.25, 0.3) is 5.91 Å². The summed E-state index contributed by atoms with van der Waals surface area (Å²) >= 11 is 0. The van der Waals surface area contributed by atoms with E-state index >= 15 is 0 Å². The van der Waals surface area contributed by atoms with Gasteiger partial charge in [-0.25, -0.2) is 0 Å². The highest BCUT2D eigenvalue weighted by atomic mass is 16.2. The zero-order valence-corrected chi connectivity index (χ0v) is 10.8. The van der Waals surface area contributed by atoms with Gasteiger partial charge in [0.1, 0.15) is 0 Å². The molecule has 1 aromatic rings. The Morgan fingerprint density at radius 1 is 1.44 bits per heavy atom. The molecule has 0 aromatic carbocycles. The lowest BCUT2D eigenvalue weighted by Gasteiger charge is -2.29. The van der Waals surface area contributed by atoms with Crippen LogP contribution in [-0.4, -0.2) is 46.2 Å². The summed E-state index contributed by atoms with van der Waals surface area (Å²) in [5.74, 6) is 0.137. The van der Waals surface area contributed by atoms with Gasteiger partial charge in [0, 0.05) is 24.3 Å². The minimum Gasteiger partial charge on any atom is -0.334 e. The molecule has 2 unspecified atom stereocenters. The molecule has 2 fully saturated rings. The lowest BCUT2D eigenvalue weighted by atomic mass is 10.0. The summed E-state index contributed by atoms with van der Waals surface area (Å²) in [5, 5.41) is 10.3. The normalized spacial score (nSPS) is 27.9. The second kappa shape index (κ2) is 4.72. The molecule has 3 heterocycles. The number of rotatable bonds is 2. The third-order valence-electron chi connectivity index (χ3n) is 4.18. The number of hydrogen-bond donors (Lipinski definition) is 2. The number of aromatic nitrogens is 2. The Labute approximate surface area is 107 Å². The predicted octanol–water partition coefficient (Wildman–Crippen LogP) is 1.07. The van der Waals surface area contributed by atoms with Crippen molar-refractivity contribution in [2.45, 2.75) is 44.7 Å². The summed E-state index contributed by atoms with van der Waals surface area (Å²) in [5.41, 5.74) is 1.59. The van der Waals surface area contributed by atoms with Gasteiger partial charge in [-0.05, 0) is 39.2 Å². The topological polar surface area (TPSA) is 61.0 Å². The summed E-state index contributed by atoms with van der Waals surface area (Å²) in [6.07, 6.45) is 6.31. The zero-order valence-electron chi connectivity index (χ0n) is 10.8. The minimum atomic E-state index is 0.137. The molecule has 0 spiro atoms. The SMILES string of the molecule is Cc1[nH]ncc1C(=O)N1CCCC1C1CCCN1. The molecule has 0 aliphatic carbocycles. The largest absolute Gasteiger partial charge is 0.334 e. The highest BCUT2D eigenvalue weighted by Crippen LogP contribution is 2.26. The molecule has 1 aromatic heterocycles. The van der Waals surface area contributed by atoms with Crippen molar-refractivity contribution >= 4 is 5.91 Å². The van der Waals surface area contributed by atoms with Crippen LogP contribution in [0.3, 0.4) is 0 Å². The number of amides is 1. The molecule has 98 valence electrons. The lowest BCUT2D eigenvalue weighted by Crippen LogP contribution is -2.46. The molecule has 18 heavy (non-hydrogen) atoms. The summed E-state index contributed by atoms with van der Waals surface area (Å²) < 4.78 is 0. The van der Waals surface area contributed by atoms with Crippen LogP contribution >= 0.6 is 0 Å². The fourth-order valence-corrected chi connectivity index (χ4v) is 3.22. The van der Waals surface area contributed by atoms with Crippen LogP contribution in [-0.2, 0) is 0 Å². The second-order valence-electron chi connectivity index (χ2n) is 5.32. The van der Waals surface area contributed by atoms with Crippen LogP contribution in [0.25, 0.3) is 0 Å². The maximum absolute atomic E-state index is 12.5. The molecule has 1 amide bonds. The van der Waals surface area contributed by atoms with E-state index < -0.39 is 0 Å². The van der Waals surface area contributed by atoms with Crippen LogP contribution < -0.4 is 5.32 Å². The Morgan fingerprint density at radius 3 is 3.00 bits per heavy atom. The molecule has 2 aliphatic rings. The first kappa shape index (κ1) is 11.7. The van der Waals surface area contributed by atoms with E-state index in [0.717, 1.165) is 37.2 Å². The third-order valence-corrected chi connectivity index (χ3v) is 4.18. The van der Waals surface area contributed by atoms with Gasteiger partial charge >= 0.3 is 0 Å². The monoisotopic (exact) mass is 248 g/mol. The highest BCUT2D eigenvalue weighted by Gasteiger charge is 2.36. The maximum atomic E-state index is 12.5. The first-order valence-electron chi connectivity index (χ1n) is 6.81. The van der Waals surface area contributed by atoms with Gasteiger partial charge in [0.2, 0.25) is 0 Å². The predicted molar refractivity (Wildman–Crippen MR) is 68.4 cm³/mol. The lowest BCUT2D eigenvalue weighted by molar-refractivity contribution is 0.0710. The summed E-state index contributed by atoms with van der Waals surface area (Å²) in [4.78, 5) is 14.6. The van der Waals surface area contributed by atoms with E-state index in [1.807, 2.05) is 11.8 Å². The van der Waals surface area contributed by atoms with E-state index in [1.165, 1.54) is 12.8 Å². The van der Waals surface area contributed by atoms with Crippen molar-refractivity contribution < 1.29 is 4.79 Å². The van der Waals surface area contributed by atoms with Crippen molar-refractivity contribution in [1.29, 1.82) is 0 Å². The van der Waals surface area contributed by atoms with Crippen molar-refractivity contribution in [3.8, 4) is 0 Å². The number of nitrogens with one attached hydrogen (secondary N) is 2. The van der Waals surface area contributed by atoms with Crippen molar-refractivity contribution in [2.24, 2.45) is 0 Å². The number of carbonyl (C=O) groups excluding carboxylic acids is 1. The van der Waals surface area contributed by atoms with E-state index in [1.54, 1.807) is 6.20 Å². The molecule has 5 nitrogen and oxygen atoms in total. The Morgan fingerprint density at radius 2 is 2.33 bits per heavy atom. The molecule has 0 bridgehead atoms. The zero-order chi connectivity index (χ0) is 12.5. The summed E-state index contributed by atoms with van der Waals surface area (Å²) in [7, 11) is 0. The number of aromatic amines is 1. The van der Waals surface area contributed by atoms with Crippen molar-refractivity contribution in [3.63, 3.8) is 0 Å². The Bertz CT molecular complexity index is 436. The van der Waals surface area contributed by atoms with E-state index in [-0.39, 0.29) is 5.91 Å². The van der Waals surface area contributed by atoms with Crippen LogP contribution in [0.4, 0.5) is 0 Å². The fourth-order valence-electron chi connectivity index (χ4n) is 3.22. The van der Waals surface area contributed by atoms with Gasteiger partial charge in [0.05, 0.1) is 11.8 Å². The minimum absolute atomic E-state index is 0.137. The molecule has 3 rings (SSSR count). The number of aryl methyl sites for hydroxylation is 1. The third kappa shape index (κ3) is 1.92. The molecule has 2 aliphatic heterocycles. The maximum Gasteiger partial charge on any atom is 0.257 e. The molecular formula is C13H20N4O. The molecule has 0 radical (unpaired) electrons. The van der Waals surface area contributed by atoms with E-state index in [2.05, 4.69) is 15.5 Å². The van der Waals surface area contributed by atoms with Gasteiger partial charge in [0.15, 0.2) is 0 Å². The standard InChI is InChI=1S/C13H20N4O/c1-9-10(8-15-16-9)13(18)17-7-3-5-12(17)11-4-2-6-14-11/h8,11-12,14H,2-7H2,1H3,(H,15,16). The van der Waals surface area contributed by atoms with Crippen molar-refractivity contribution in [2.75, 3.05) is 13.1 Å². The van der Waals surface area contributed by atoms with Gasteiger partial charge in [-0.15, -0.1) is 0 Å². The highest BCUT2D eigenvalue weighted by molar-refractivity contribution is 5.95. The van der Waals surface area contributed by atoms with Gasteiger partial charge < -0.3 is 10.2 Å². The van der Waals surface area contributed by atoms with E-state index in [0.29, 0.717) is 12.1 Å². The van der Waals surface area contributed by atoms with Crippen LogP contribution in [0.2, 0.25) is 0 Å². The molecule has 2 atom stereocenters. The van der Waals surface area contributed by atoms with Gasteiger partial charge in [-0.2, -0.15) is 5.10 Å². The molecule has 2 saturated heterocycles. The first-order valence-corrected chi connectivity index (χ1v) is 6.81. The van der Waals surface area contributed by atoms with Crippen molar-refractivity contribution in [3.05, 3.63) is 17.5 Å². The quantitative estimate of drug-likeness (QED) is 0.823. The van der Waals surface area contributed by atoms with Crippen LogP contribution in [0.15, 0.2) is 6.20 Å². The smallest absolute Gasteiger partial charge is 0.257 e. The Hall–Kier alpha value is -1.36.